The van der Waals surface area contributed by atoms with Crippen LogP contribution in [0, 0.1) is 17.2 Å². The van der Waals surface area contributed by atoms with Crippen LogP contribution in [0.1, 0.15) is 42.5 Å². The lowest BCUT2D eigenvalue weighted by molar-refractivity contribution is 0.0576. The lowest BCUT2D eigenvalue weighted by Crippen LogP contribution is -2.32. The number of pyridine rings is 1. The Hall–Kier alpha value is -1.60. The highest BCUT2D eigenvalue weighted by Crippen LogP contribution is 2.27. The Bertz CT molecular complexity index is 544. The van der Waals surface area contributed by atoms with Gasteiger partial charge in [-0.2, -0.15) is 5.26 Å². The molecule has 0 N–H and O–H groups in total. The predicted octanol–water partition coefficient (Wildman–Crippen LogP) is 2.69. The molecule has 1 aliphatic carbocycles. The van der Waals surface area contributed by atoms with Gasteiger partial charge < -0.3 is 9.64 Å². The van der Waals surface area contributed by atoms with E-state index in [2.05, 4.69) is 17.0 Å². The van der Waals surface area contributed by atoms with Gasteiger partial charge in [0.2, 0.25) is 0 Å². The van der Waals surface area contributed by atoms with Gasteiger partial charge in [0.1, 0.15) is 11.9 Å². The van der Waals surface area contributed by atoms with E-state index in [1.165, 1.54) is 30.5 Å². The van der Waals surface area contributed by atoms with E-state index in [0.29, 0.717) is 5.92 Å². The van der Waals surface area contributed by atoms with Gasteiger partial charge in [-0.05, 0) is 56.1 Å². The van der Waals surface area contributed by atoms with Gasteiger partial charge in [-0.15, -0.1) is 0 Å². The summed E-state index contributed by atoms with van der Waals surface area (Å²) in [5, 5.41) is 9.43. The number of hydrogen-bond donors (Lipinski definition) is 0. The molecule has 4 nitrogen and oxygen atoms in total. The van der Waals surface area contributed by atoms with Crippen molar-refractivity contribution in [2.75, 3.05) is 31.7 Å². The first-order valence-electron chi connectivity index (χ1n) is 7.99. The van der Waals surface area contributed by atoms with E-state index in [0.717, 1.165) is 50.4 Å². The molecule has 0 radical (unpaired) electrons. The third-order valence-electron chi connectivity index (χ3n) is 4.55. The second-order valence-corrected chi connectivity index (χ2v) is 6.25. The third-order valence-corrected chi connectivity index (χ3v) is 4.55. The summed E-state index contributed by atoms with van der Waals surface area (Å²) in [5.41, 5.74) is 3.19. The highest BCUT2D eigenvalue weighted by molar-refractivity contribution is 5.56. The Kier molecular flexibility index (Phi) is 4.40. The van der Waals surface area contributed by atoms with Crippen molar-refractivity contribution in [3.63, 3.8) is 0 Å². The maximum Gasteiger partial charge on any atom is 0.146 e. The molecule has 1 aliphatic heterocycles. The Balaban J connectivity index is 1.81. The van der Waals surface area contributed by atoms with Crippen molar-refractivity contribution in [2.24, 2.45) is 5.92 Å². The summed E-state index contributed by atoms with van der Waals surface area (Å²) in [5.74, 6) is 1.40. The molecule has 0 aromatic carbocycles. The molecule has 0 spiro atoms. The molecule has 4 heteroatoms. The zero-order chi connectivity index (χ0) is 14.7. The Labute approximate surface area is 126 Å². The number of fused-ring (bicyclic) bond motifs is 1. The van der Waals surface area contributed by atoms with Gasteiger partial charge in [0.05, 0.1) is 12.2 Å². The fourth-order valence-electron chi connectivity index (χ4n) is 3.42. The van der Waals surface area contributed by atoms with Gasteiger partial charge in [0.25, 0.3) is 0 Å². The summed E-state index contributed by atoms with van der Waals surface area (Å²) in [7, 11) is 2.05. The van der Waals surface area contributed by atoms with Gasteiger partial charge in [-0.1, -0.05) is 0 Å². The molecule has 0 bridgehead atoms. The van der Waals surface area contributed by atoms with Crippen LogP contribution in [0.4, 0.5) is 5.82 Å². The van der Waals surface area contributed by atoms with Gasteiger partial charge in [0.15, 0.2) is 0 Å². The third kappa shape index (κ3) is 3.19. The highest BCUT2D eigenvalue weighted by Gasteiger charge is 2.21. The van der Waals surface area contributed by atoms with Gasteiger partial charge >= 0.3 is 0 Å². The standard InChI is InChI=1S/C17H23N3O/c1-20(11-13-5-4-8-21-12-13)17-15(10-18)9-14-6-2-3-7-16(14)19-17/h9,13H,2-8,11-12H2,1H3. The van der Waals surface area contributed by atoms with Crippen LogP contribution >= 0.6 is 0 Å². The number of nitrogens with zero attached hydrogens (tertiary/aromatic N) is 3. The van der Waals surface area contributed by atoms with E-state index in [1.54, 1.807) is 0 Å². The summed E-state index contributed by atoms with van der Waals surface area (Å²) in [6, 6.07) is 4.39. The summed E-state index contributed by atoms with van der Waals surface area (Å²) in [6.07, 6.45) is 6.89. The maximum absolute atomic E-state index is 9.43. The Morgan fingerprint density at radius 2 is 2.24 bits per heavy atom. The topological polar surface area (TPSA) is 49.1 Å². The average molecular weight is 285 g/mol. The first-order chi connectivity index (χ1) is 10.3. The molecule has 1 unspecified atom stereocenters. The number of ether oxygens (including phenoxy) is 1. The molecule has 3 rings (SSSR count). The highest BCUT2D eigenvalue weighted by atomic mass is 16.5. The average Bonchev–Trinajstić information content (AvgIpc) is 2.54. The van der Waals surface area contributed by atoms with Crippen LogP contribution in [0.25, 0.3) is 0 Å². The lowest BCUT2D eigenvalue weighted by Gasteiger charge is -2.29. The first-order valence-corrected chi connectivity index (χ1v) is 7.99. The number of anilines is 1. The minimum Gasteiger partial charge on any atom is -0.381 e. The van der Waals surface area contributed by atoms with Crippen LogP contribution in [0.3, 0.4) is 0 Å². The minimum absolute atomic E-state index is 0.549. The van der Waals surface area contributed by atoms with Gasteiger partial charge in [0, 0.05) is 25.9 Å². The Morgan fingerprint density at radius 1 is 1.38 bits per heavy atom. The monoisotopic (exact) mass is 285 g/mol. The van der Waals surface area contributed by atoms with Crippen LogP contribution in [-0.4, -0.2) is 31.8 Å². The predicted molar refractivity (Wildman–Crippen MR) is 82.4 cm³/mol. The summed E-state index contributed by atoms with van der Waals surface area (Å²) in [6.45, 7) is 2.64. The summed E-state index contributed by atoms with van der Waals surface area (Å²) >= 11 is 0. The fourth-order valence-corrected chi connectivity index (χ4v) is 3.42. The molecular weight excluding hydrogens is 262 g/mol. The van der Waals surface area contributed by atoms with E-state index in [1.807, 2.05) is 7.05 Å². The molecule has 2 aliphatic rings. The minimum atomic E-state index is 0.549. The van der Waals surface area contributed by atoms with Crippen molar-refractivity contribution in [3.05, 3.63) is 22.9 Å². The first kappa shape index (κ1) is 14.3. The molecule has 0 amide bonds. The van der Waals surface area contributed by atoms with Crippen molar-refractivity contribution in [1.82, 2.24) is 4.98 Å². The van der Waals surface area contributed by atoms with Crippen LogP contribution in [-0.2, 0) is 17.6 Å². The van der Waals surface area contributed by atoms with E-state index in [-0.39, 0.29) is 0 Å². The van der Waals surface area contributed by atoms with Gasteiger partial charge in [-0.25, -0.2) is 4.98 Å². The molecule has 1 aromatic rings. The summed E-state index contributed by atoms with van der Waals surface area (Å²) in [4.78, 5) is 6.96. The molecule has 2 heterocycles. The molecule has 1 saturated heterocycles. The van der Waals surface area contributed by atoms with Crippen molar-refractivity contribution in [3.8, 4) is 6.07 Å². The smallest absolute Gasteiger partial charge is 0.146 e. The van der Waals surface area contributed by atoms with Crippen molar-refractivity contribution < 1.29 is 4.74 Å². The van der Waals surface area contributed by atoms with Crippen LogP contribution < -0.4 is 4.90 Å². The van der Waals surface area contributed by atoms with Crippen LogP contribution in [0.15, 0.2) is 6.07 Å². The molecule has 0 saturated carbocycles. The van der Waals surface area contributed by atoms with Crippen molar-refractivity contribution >= 4 is 5.82 Å². The zero-order valence-electron chi connectivity index (χ0n) is 12.8. The van der Waals surface area contributed by atoms with Crippen molar-refractivity contribution in [2.45, 2.75) is 38.5 Å². The molecule has 1 fully saturated rings. The number of aromatic nitrogens is 1. The van der Waals surface area contributed by atoms with E-state index >= 15 is 0 Å². The normalized spacial score (nSPS) is 21.4. The van der Waals surface area contributed by atoms with E-state index in [9.17, 15) is 5.26 Å². The second-order valence-electron chi connectivity index (χ2n) is 6.25. The number of aryl methyl sites for hydroxylation is 2. The SMILES string of the molecule is CN(CC1CCCOC1)c1nc2c(cc1C#N)CCCC2. The number of hydrogen-bond acceptors (Lipinski definition) is 4. The zero-order valence-corrected chi connectivity index (χ0v) is 12.8. The van der Waals surface area contributed by atoms with Crippen LogP contribution in [0.2, 0.25) is 0 Å². The quantitative estimate of drug-likeness (QED) is 0.856. The number of rotatable bonds is 3. The molecule has 1 aromatic heterocycles. The maximum atomic E-state index is 9.43. The fraction of sp³-hybridized carbons (Fsp3) is 0.647. The molecule has 21 heavy (non-hydrogen) atoms. The largest absolute Gasteiger partial charge is 0.381 e. The number of nitriles is 1. The van der Waals surface area contributed by atoms with E-state index < -0.39 is 0 Å². The van der Waals surface area contributed by atoms with Crippen molar-refractivity contribution in [1.29, 1.82) is 5.26 Å². The molecule has 1 atom stereocenters. The molecule has 112 valence electrons. The van der Waals surface area contributed by atoms with Crippen LogP contribution in [0.5, 0.6) is 0 Å². The molecular formula is C17H23N3O. The lowest BCUT2D eigenvalue weighted by atomic mass is 9.94. The van der Waals surface area contributed by atoms with E-state index in [4.69, 9.17) is 9.72 Å². The van der Waals surface area contributed by atoms with Gasteiger partial charge in [-0.3, -0.25) is 0 Å². The Morgan fingerprint density at radius 3 is 3.00 bits per heavy atom. The second kappa shape index (κ2) is 6.44. The summed E-state index contributed by atoms with van der Waals surface area (Å²) < 4.78 is 5.55.